The van der Waals surface area contributed by atoms with Crippen LogP contribution >= 0.6 is 22.9 Å². The van der Waals surface area contributed by atoms with Crippen LogP contribution < -0.4 is 10.3 Å². The lowest BCUT2D eigenvalue weighted by molar-refractivity contribution is 0.587. The lowest BCUT2D eigenvalue weighted by Gasteiger charge is -2.15. The molecule has 0 aliphatic rings. The standard InChI is InChI=1S/C18H21ClN4O2S2/c1-10-7-14(11(2)6-12(10)19)27(24,25)23-22-17-16-13(20-9-21-17)8-15(26-16)18(3,4)5/h6-9,23H,1-5H3,(H,20,21,22). The fourth-order valence-corrected chi connectivity index (χ4v) is 5.01. The van der Waals surface area contributed by atoms with Crippen molar-refractivity contribution >= 4 is 49.0 Å². The number of benzene rings is 1. The second kappa shape index (κ2) is 7.01. The van der Waals surface area contributed by atoms with Crippen molar-refractivity contribution in [2.75, 3.05) is 5.43 Å². The molecule has 0 radical (unpaired) electrons. The van der Waals surface area contributed by atoms with Crippen LogP contribution in [0.3, 0.4) is 0 Å². The SMILES string of the molecule is Cc1cc(S(=O)(=O)NNc2ncnc3cc(C(C)(C)C)sc23)c(C)cc1Cl. The van der Waals surface area contributed by atoms with Gasteiger partial charge in [0.1, 0.15) is 6.33 Å². The predicted octanol–water partition coefficient (Wildman–Crippen LogP) is 4.56. The maximum absolute atomic E-state index is 12.7. The zero-order valence-electron chi connectivity index (χ0n) is 15.7. The molecule has 1 aromatic carbocycles. The van der Waals surface area contributed by atoms with Crippen LogP contribution in [0, 0.1) is 13.8 Å². The number of fused-ring (bicyclic) bond motifs is 1. The fraction of sp³-hybridized carbons (Fsp3) is 0.333. The summed E-state index contributed by atoms with van der Waals surface area (Å²) >= 11 is 7.61. The number of sulfonamides is 1. The minimum absolute atomic E-state index is 0.0277. The van der Waals surface area contributed by atoms with Gasteiger partial charge in [0.2, 0.25) is 0 Å². The van der Waals surface area contributed by atoms with E-state index in [1.807, 2.05) is 6.07 Å². The van der Waals surface area contributed by atoms with Crippen molar-refractivity contribution in [3.05, 3.63) is 45.6 Å². The number of anilines is 1. The first kappa shape index (κ1) is 20.0. The molecule has 3 aromatic rings. The predicted molar refractivity (Wildman–Crippen MR) is 111 cm³/mol. The molecule has 144 valence electrons. The van der Waals surface area contributed by atoms with Gasteiger partial charge in [0, 0.05) is 9.90 Å². The van der Waals surface area contributed by atoms with Crippen LogP contribution in [0.5, 0.6) is 0 Å². The molecule has 0 fully saturated rings. The molecule has 6 nitrogen and oxygen atoms in total. The van der Waals surface area contributed by atoms with Crippen molar-refractivity contribution in [3.8, 4) is 0 Å². The molecule has 0 unspecified atom stereocenters. The number of halogens is 1. The Bertz CT molecular complexity index is 1120. The van der Waals surface area contributed by atoms with Crippen molar-refractivity contribution in [1.82, 2.24) is 14.8 Å². The van der Waals surface area contributed by atoms with Gasteiger partial charge in [-0.2, -0.15) is 0 Å². The molecule has 0 aliphatic heterocycles. The minimum atomic E-state index is -3.79. The van der Waals surface area contributed by atoms with E-state index in [4.69, 9.17) is 11.6 Å². The molecule has 2 heterocycles. The van der Waals surface area contributed by atoms with Crippen LogP contribution in [0.4, 0.5) is 5.82 Å². The highest BCUT2D eigenvalue weighted by atomic mass is 35.5. The van der Waals surface area contributed by atoms with Crippen molar-refractivity contribution in [3.63, 3.8) is 0 Å². The van der Waals surface area contributed by atoms with E-state index in [9.17, 15) is 8.42 Å². The molecule has 0 saturated carbocycles. The van der Waals surface area contributed by atoms with Crippen LogP contribution in [0.15, 0.2) is 29.4 Å². The third-order valence-corrected chi connectivity index (χ3v) is 7.45. The summed E-state index contributed by atoms with van der Waals surface area (Å²) in [6.45, 7) is 9.82. The molecule has 0 saturated heterocycles. The average Bonchev–Trinajstić information content (AvgIpc) is 3.01. The number of hydrogen-bond donors (Lipinski definition) is 2. The Kier molecular flexibility index (Phi) is 5.20. The summed E-state index contributed by atoms with van der Waals surface area (Å²) in [5.74, 6) is 0.424. The summed E-state index contributed by atoms with van der Waals surface area (Å²) in [7, 11) is -3.79. The van der Waals surface area contributed by atoms with Gasteiger partial charge in [-0.15, -0.1) is 16.2 Å². The summed E-state index contributed by atoms with van der Waals surface area (Å²) in [5.41, 5.74) is 4.75. The minimum Gasteiger partial charge on any atom is -0.291 e. The maximum Gasteiger partial charge on any atom is 0.257 e. The summed E-state index contributed by atoms with van der Waals surface area (Å²) in [5, 5.41) is 0.533. The van der Waals surface area contributed by atoms with Gasteiger partial charge in [0.25, 0.3) is 10.0 Å². The van der Waals surface area contributed by atoms with Gasteiger partial charge in [-0.25, -0.2) is 18.4 Å². The van der Waals surface area contributed by atoms with Gasteiger partial charge in [-0.3, -0.25) is 5.43 Å². The third-order valence-electron chi connectivity index (χ3n) is 4.10. The summed E-state index contributed by atoms with van der Waals surface area (Å²) in [6.07, 6.45) is 1.41. The summed E-state index contributed by atoms with van der Waals surface area (Å²) in [4.78, 5) is 12.2. The van der Waals surface area contributed by atoms with E-state index in [0.717, 1.165) is 15.1 Å². The Morgan fingerprint density at radius 1 is 1.07 bits per heavy atom. The molecular formula is C18H21ClN4O2S2. The molecule has 0 aliphatic carbocycles. The van der Waals surface area contributed by atoms with Crippen LogP contribution in [-0.4, -0.2) is 18.4 Å². The molecule has 9 heteroatoms. The first-order chi connectivity index (χ1) is 12.5. The van der Waals surface area contributed by atoms with Gasteiger partial charge in [-0.1, -0.05) is 32.4 Å². The number of hydrogen-bond acceptors (Lipinski definition) is 6. The maximum atomic E-state index is 12.7. The molecule has 0 bridgehead atoms. The van der Waals surface area contributed by atoms with Crippen molar-refractivity contribution in [2.45, 2.75) is 44.9 Å². The van der Waals surface area contributed by atoms with Crippen molar-refractivity contribution in [2.24, 2.45) is 0 Å². The number of thiophene rings is 1. The largest absolute Gasteiger partial charge is 0.291 e. The van der Waals surface area contributed by atoms with Gasteiger partial charge < -0.3 is 0 Å². The summed E-state index contributed by atoms with van der Waals surface area (Å²) < 4.78 is 26.3. The second-order valence-electron chi connectivity index (χ2n) is 7.39. The second-order valence-corrected chi connectivity index (χ2v) is 10.5. The van der Waals surface area contributed by atoms with E-state index < -0.39 is 10.0 Å². The topological polar surface area (TPSA) is 84.0 Å². The number of aromatic nitrogens is 2. The van der Waals surface area contributed by atoms with Gasteiger partial charge >= 0.3 is 0 Å². The van der Waals surface area contributed by atoms with E-state index in [0.29, 0.717) is 22.0 Å². The van der Waals surface area contributed by atoms with Crippen LogP contribution in [0.1, 0.15) is 36.8 Å². The fourth-order valence-electron chi connectivity index (χ4n) is 2.53. The lowest BCUT2D eigenvalue weighted by atomic mass is 9.95. The van der Waals surface area contributed by atoms with Crippen LogP contribution in [0.2, 0.25) is 5.02 Å². The molecule has 0 spiro atoms. The first-order valence-electron chi connectivity index (χ1n) is 8.28. The first-order valence-corrected chi connectivity index (χ1v) is 11.0. The quantitative estimate of drug-likeness (QED) is 0.599. The Balaban J connectivity index is 1.92. The smallest absolute Gasteiger partial charge is 0.257 e. The Morgan fingerprint density at radius 2 is 1.78 bits per heavy atom. The third kappa shape index (κ3) is 4.08. The highest BCUT2D eigenvalue weighted by Gasteiger charge is 2.21. The molecule has 27 heavy (non-hydrogen) atoms. The van der Waals surface area contributed by atoms with Crippen molar-refractivity contribution < 1.29 is 8.42 Å². The van der Waals surface area contributed by atoms with Crippen molar-refractivity contribution in [1.29, 1.82) is 0 Å². The zero-order chi connectivity index (χ0) is 20.0. The van der Waals surface area contributed by atoms with E-state index in [-0.39, 0.29) is 10.3 Å². The Morgan fingerprint density at radius 3 is 2.44 bits per heavy atom. The van der Waals surface area contributed by atoms with Gasteiger partial charge in [-0.05, 0) is 48.6 Å². The number of hydrazine groups is 1. The van der Waals surface area contributed by atoms with E-state index in [2.05, 4.69) is 41.0 Å². The average molecular weight is 425 g/mol. The van der Waals surface area contributed by atoms with E-state index in [1.54, 1.807) is 37.3 Å². The molecule has 2 N–H and O–H groups in total. The molecule has 0 amide bonds. The molecule has 0 atom stereocenters. The van der Waals surface area contributed by atoms with Gasteiger partial charge in [0.05, 0.1) is 15.1 Å². The lowest BCUT2D eigenvalue weighted by Crippen LogP contribution is -2.30. The number of nitrogens with zero attached hydrogens (tertiary/aromatic N) is 2. The van der Waals surface area contributed by atoms with E-state index >= 15 is 0 Å². The van der Waals surface area contributed by atoms with Gasteiger partial charge in [0.15, 0.2) is 5.82 Å². The van der Waals surface area contributed by atoms with Crippen LogP contribution in [0.25, 0.3) is 10.2 Å². The normalized spacial score (nSPS) is 12.5. The highest BCUT2D eigenvalue weighted by Crippen LogP contribution is 2.36. The number of aryl methyl sites for hydroxylation is 2. The highest BCUT2D eigenvalue weighted by molar-refractivity contribution is 7.89. The monoisotopic (exact) mass is 424 g/mol. The number of rotatable bonds is 4. The van der Waals surface area contributed by atoms with Crippen LogP contribution in [-0.2, 0) is 15.4 Å². The Labute approximate surface area is 168 Å². The Hall–Kier alpha value is -1.74. The molecule has 3 rings (SSSR count). The molecule has 2 aromatic heterocycles. The summed E-state index contributed by atoms with van der Waals surface area (Å²) in [6, 6.07) is 5.21. The number of nitrogens with one attached hydrogen (secondary N) is 2. The zero-order valence-corrected chi connectivity index (χ0v) is 18.1. The van der Waals surface area contributed by atoms with E-state index in [1.165, 1.54) is 6.33 Å². The molecular weight excluding hydrogens is 404 g/mol.